The van der Waals surface area contributed by atoms with Crippen molar-refractivity contribution in [2.24, 2.45) is 0 Å². The van der Waals surface area contributed by atoms with E-state index < -0.39 is 11.9 Å². The van der Waals surface area contributed by atoms with Gasteiger partial charge in [-0.15, -0.1) is 0 Å². The van der Waals surface area contributed by atoms with E-state index >= 15 is 0 Å². The van der Waals surface area contributed by atoms with Crippen LogP contribution in [-0.4, -0.2) is 36.3 Å². The highest BCUT2D eigenvalue weighted by Gasteiger charge is 2.36. The van der Waals surface area contributed by atoms with Gasteiger partial charge in [-0.1, -0.05) is 30.3 Å². The minimum Gasteiger partial charge on any atom is -0.388 e. The van der Waals surface area contributed by atoms with Crippen LogP contribution in [0, 0.1) is 0 Å². The summed E-state index contributed by atoms with van der Waals surface area (Å²) in [5.41, 5.74) is 1.09. The molecule has 2 atom stereocenters. The lowest BCUT2D eigenvalue weighted by Gasteiger charge is -2.20. The SMILES string of the molecule is CC1(C)OC[C@H](C(O)COCc2ccccc2)O1. The molecule has 2 rings (SSSR count). The largest absolute Gasteiger partial charge is 0.388 e. The monoisotopic (exact) mass is 252 g/mol. The Morgan fingerprint density at radius 3 is 2.72 bits per heavy atom. The van der Waals surface area contributed by atoms with Gasteiger partial charge in [0.2, 0.25) is 0 Å². The van der Waals surface area contributed by atoms with Gasteiger partial charge in [-0.2, -0.15) is 0 Å². The second-order valence-corrected chi connectivity index (χ2v) is 4.94. The zero-order valence-corrected chi connectivity index (χ0v) is 10.8. The van der Waals surface area contributed by atoms with E-state index in [1.54, 1.807) is 0 Å². The summed E-state index contributed by atoms with van der Waals surface area (Å²) in [6, 6.07) is 9.87. The number of benzene rings is 1. The van der Waals surface area contributed by atoms with E-state index in [0.717, 1.165) is 5.56 Å². The molecule has 0 spiro atoms. The van der Waals surface area contributed by atoms with Gasteiger partial charge in [0.1, 0.15) is 12.2 Å². The molecule has 0 aromatic heterocycles. The van der Waals surface area contributed by atoms with E-state index in [9.17, 15) is 5.11 Å². The zero-order valence-electron chi connectivity index (χ0n) is 10.8. The van der Waals surface area contributed by atoms with Crippen molar-refractivity contribution >= 4 is 0 Å². The van der Waals surface area contributed by atoms with Crippen LogP contribution in [0.25, 0.3) is 0 Å². The lowest BCUT2D eigenvalue weighted by molar-refractivity contribution is -0.156. The first-order valence-electron chi connectivity index (χ1n) is 6.18. The minimum absolute atomic E-state index is 0.249. The topological polar surface area (TPSA) is 47.9 Å². The molecule has 1 unspecified atom stereocenters. The van der Waals surface area contributed by atoms with E-state index in [-0.39, 0.29) is 12.7 Å². The number of hydrogen-bond acceptors (Lipinski definition) is 4. The van der Waals surface area contributed by atoms with Crippen molar-refractivity contribution in [3.8, 4) is 0 Å². The van der Waals surface area contributed by atoms with Gasteiger partial charge in [-0.05, 0) is 19.4 Å². The smallest absolute Gasteiger partial charge is 0.163 e. The van der Waals surface area contributed by atoms with Crippen molar-refractivity contribution in [1.29, 1.82) is 0 Å². The second kappa shape index (κ2) is 5.80. The van der Waals surface area contributed by atoms with Crippen LogP contribution in [0.15, 0.2) is 30.3 Å². The summed E-state index contributed by atoms with van der Waals surface area (Å²) in [4.78, 5) is 0. The van der Waals surface area contributed by atoms with Crippen LogP contribution in [0.1, 0.15) is 19.4 Å². The maximum Gasteiger partial charge on any atom is 0.163 e. The van der Waals surface area contributed by atoms with Crippen molar-refractivity contribution in [3.63, 3.8) is 0 Å². The third-order valence-electron chi connectivity index (χ3n) is 2.86. The molecule has 1 aromatic rings. The Morgan fingerprint density at radius 1 is 1.39 bits per heavy atom. The number of aliphatic hydroxyl groups excluding tert-OH is 1. The molecule has 4 heteroatoms. The van der Waals surface area contributed by atoms with E-state index in [1.807, 2.05) is 44.2 Å². The van der Waals surface area contributed by atoms with Crippen molar-refractivity contribution in [2.75, 3.05) is 13.2 Å². The van der Waals surface area contributed by atoms with Crippen molar-refractivity contribution in [1.82, 2.24) is 0 Å². The summed E-state index contributed by atoms with van der Waals surface area (Å²) >= 11 is 0. The number of aliphatic hydroxyl groups is 1. The van der Waals surface area contributed by atoms with Crippen molar-refractivity contribution < 1.29 is 19.3 Å². The van der Waals surface area contributed by atoms with E-state index in [0.29, 0.717) is 13.2 Å². The molecule has 0 amide bonds. The van der Waals surface area contributed by atoms with Crippen molar-refractivity contribution in [3.05, 3.63) is 35.9 Å². The zero-order chi connectivity index (χ0) is 13.0. The molecule has 0 saturated carbocycles. The molecule has 1 fully saturated rings. The molecule has 0 radical (unpaired) electrons. The van der Waals surface area contributed by atoms with Crippen LogP contribution < -0.4 is 0 Å². The standard InChI is InChI=1S/C14H20O4/c1-14(2)17-10-13(18-14)12(15)9-16-8-11-6-4-3-5-7-11/h3-7,12-13,15H,8-10H2,1-2H3/t12?,13-/m1/s1. The molecule has 4 nitrogen and oxygen atoms in total. The Balaban J connectivity index is 1.71. The van der Waals surface area contributed by atoms with Gasteiger partial charge in [0.15, 0.2) is 5.79 Å². The quantitative estimate of drug-likeness (QED) is 0.866. The fraction of sp³-hybridized carbons (Fsp3) is 0.571. The Kier molecular flexibility index (Phi) is 4.35. The van der Waals surface area contributed by atoms with Gasteiger partial charge in [0.25, 0.3) is 0 Å². The lowest BCUT2D eigenvalue weighted by Crippen LogP contribution is -2.34. The minimum atomic E-state index is -0.657. The van der Waals surface area contributed by atoms with E-state index in [2.05, 4.69) is 0 Å². The Labute approximate surface area is 107 Å². The number of ether oxygens (including phenoxy) is 3. The first-order valence-corrected chi connectivity index (χ1v) is 6.18. The Hall–Kier alpha value is -0.940. The molecule has 1 aliphatic rings. The summed E-state index contributed by atoms with van der Waals surface area (Å²) in [6.45, 7) is 4.83. The molecule has 1 N–H and O–H groups in total. The van der Waals surface area contributed by atoms with E-state index in [1.165, 1.54) is 0 Å². The first kappa shape index (κ1) is 13.5. The molecule has 0 aliphatic carbocycles. The summed E-state index contributed by atoms with van der Waals surface area (Å²) in [6.07, 6.45) is -0.966. The molecule has 1 heterocycles. The van der Waals surface area contributed by atoms with Gasteiger partial charge in [0.05, 0.1) is 19.8 Å². The summed E-state index contributed by atoms with van der Waals surface area (Å²) < 4.78 is 16.4. The second-order valence-electron chi connectivity index (χ2n) is 4.94. The fourth-order valence-corrected chi connectivity index (χ4v) is 1.88. The molecule has 1 aromatic carbocycles. The third kappa shape index (κ3) is 3.78. The van der Waals surface area contributed by atoms with Gasteiger partial charge >= 0.3 is 0 Å². The molecule has 1 saturated heterocycles. The normalized spacial score (nSPS) is 24.1. The molecule has 0 bridgehead atoms. The van der Waals surface area contributed by atoms with Gasteiger partial charge < -0.3 is 19.3 Å². The number of rotatable bonds is 5. The average molecular weight is 252 g/mol. The maximum absolute atomic E-state index is 9.93. The Morgan fingerprint density at radius 2 is 2.11 bits per heavy atom. The van der Waals surface area contributed by atoms with Crippen LogP contribution in [0.3, 0.4) is 0 Å². The highest BCUT2D eigenvalue weighted by Crippen LogP contribution is 2.24. The van der Waals surface area contributed by atoms with Crippen molar-refractivity contribution in [2.45, 2.75) is 38.4 Å². The Bertz CT molecular complexity index is 363. The van der Waals surface area contributed by atoms with Crippen LogP contribution in [0.2, 0.25) is 0 Å². The van der Waals surface area contributed by atoms with Gasteiger partial charge in [-0.25, -0.2) is 0 Å². The van der Waals surface area contributed by atoms with Gasteiger partial charge in [-0.3, -0.25) is 0 Å². The third-order valence-corrected chi connectivity index (χ3v) is 2.86. The summed E-state index contributed by atoms with van der Waals surface area (Å²) in [5.74, 6) is -0.606. The van der Waals surface area contributed by atoms with E-state index in [4.69, 9.17) is 14.2 Å². The molecule has 18 heavy (non-hydrogen) atoms. The summed E-state index contributed by atoms with van der Waals surface area (Å²) in [5, 5.41) is 9.93. The maximum atomic E-state index is 9.93. The lowest BCUT2D eigenvalue weighted by atomic mass is 10.2. The number of hydrogen-bond donors (Lipinski definition) is 1. The molecular formula is C14H20O4. The molecule has 100 valence electrons. The fourth-order valence-electron chi connectivity index (χ4n) is 1.88. The molecular weight excluding hydrogens is 232 g/mol. The van der Waals surface area contributed by atoms with Crippen LogP contribution in [0.5, 0.6) is 0 Å². The predicted molar refractivity (Wildman–Crippen MR) is 67.0 cm³/mol. The predicted octanol–water partition coefficient (Wildman–Crippen LogP) is 1.72. The highest BCUT2D eigenvalue weighted by molar-refractivity contribution is 5.13. The molecule has 1 aliphatic heterocycles. The van der Waals surface area contributed by atoms with Crippen LogP contribution in [0.4, 0.5) is 0 Å². The summed E-state index contributed by atoms with van der Waals surface area (Å²) in [7, 11) is 0. The average Bonchev–Trinajstić information content (AvgIpc) is 2.71. The van der Waals surface area contributed by atoms with Crippen LogP contribution >= 0.6 is 0 Å². The highest BCUT2D eigenvalue weighted by atomic mass is 16.7. The van der Waals surface area contributed by atoms with Gasteiger partial charge in [0, 0.05) is 0 Å². The first-order chi connectivity index (χ1) is 8.57. The van der Waals surface area contributed by atoms with Crippen LogP contribution in [-0.2, 0) is 20.8 Å².